The molecule has 12 nitrogen and oxygen atoms in total. The van der Waals surface area contributed by atoms with Crippen LogP contribution in [0.2, 0.25) is 5.02 Å². The van der Waals surface area contributed by atoms with Gasteiger partial charge in [0.15, 0.2) is 0 Å². The van der Waals surface area contributed by atoms with Crippen molar-refractivity contribution < 1.29 is 23.3 Å². The van der Waals surface area contributed by atoms with Gasteiger partial charge in [0, 0.05) is 47.6 Å². The number of methoxy groups -OCH3 is 1. The number of nitro groups is 1. The Morgan fingerprint density at radius 1 is 1.18 bits per heavy atom. The van der Waals surface area contributed by atoms with E-state index >= 15 is 0 Å². The number of nitro benzene ring substituents is 1. The highest BCUT2D eigenvalue weighted by Crippen LogP contribution is 2.39. The van der Waals surface area contributed by atoms with Gasteiger partial charge in [-0.25, -0.2) is 14.4 Å². The standard InChI is InChI=1S/C24H30ClFN8O4/c1-24(2,35)14-9-16(26)15(25)10-17(14)29-22-27-13-28-23(31-22)30-18-11-20(34(36)37)19(12-21(18)38-6)33(5)8-7-32(3)4/h9-13,35H,7-8H2,1-6H3,(H2,27,28,29,30,31)/i3D3. The number of aliphatic hydroxyl groups is 1. The summed E-state index contributed by atoms with van der Waals surface area (Å²) in [6.07, 6.45) is 1.18. The molecule has 0 atom stereocenters. The van der Waals surface area contributed by atoms with Crippen LogP contribution in [0.25, 0.3) is 0 Å². The smallest absolute Gasteiger partial charge is 0.294 e. The Bertz CT molecular complexity index is 1420. The minimum atomic E-state index is -2.30. The lowest BCUT2D eigenvalue weighted by Crippen LogP contribution is -2.29. The number of nitrogens with one attached hydrogen (secondary N) is 2. The van der Waals surface area contributed by atoms with Gasteiger partial charge in [0.05, 0.1) is 28.3 Å². The highest BCUT2D eigenvalue weighted by Gasteiger charge is 2.24. The second-order valence-corrected chi connectivity index (χ2v) is 9.30. The first-order valence-electron chi connectivity index (χ1n) is 12.7. The van der Waals surface area contributed by atoms with Crippen LogP contribution in [0, 0.1) is 15.9 Å². The van der Waals surface area contributed by atoms with Crippen LogP contribution in [0.4, 0.5) is 39.0 Å². The topological polar surface area (TPSA) is 142 Å². The summed E-state index contributed by atoms with van der Waals surface area (Å²) in [5.41, 5.74) is -0.847. The van der Waals surface area contributed by atoms with Gasteiger partial charge in [-0.05, 0) is 40.0 Å². The van der Waals surface area contributed by atoms with Crippen LogP contribution in [-0.2, 0) is 5.60 Å². The first-order valence-corrected chi connectivity index (χ1v) is 11.6. The number of benzene rings is 2. The van der Waals surface area contributed by atoms with Crippen LogP contribution in [0.1, 0.15) is 23.5 Å². The molecule has 0 saturated carbocycles. The lowest BCUT2D eigenvalue weighted by atomic mass is 9.96. The quantitative estimate of drug-likeness (QED) is 0.232. The van der Waals surface area contributed by atoms with Gasteiger partial charge < -0.3 is 30.3 Å². The van der Waals surface area contributed by atoms with Gasteiger partial charge in [-0.2, -0.15) is 4.98 Å². The Hall–Kier alpha value is -3.81. The Morgan fingerprint density at radius 3 is 2.42 bits per heavy atom. The lowest BCUT2D eigenvalue weighted by molar-refractivity contribution is -0.384. The number of rotatable bonds is 11. The van der Waals surface area contributed by atoms with Gasteiger partial charge in [-0.15, -0.1) is 0 Å². The molecule has 0 radical (unpaired) electrons. The zero-order chi connectivity index (χ0) is 30.7. The fourth-order valence-electron chi connectivity index (χ4n) is 3.51. The number of anilines is 5. The average molecular weight is 552 g/mol. The van der Waals surface area contributed by atoms with Crippen molar-refractivity contribution >= 4 is 46.2 Å². The SMILES string of the molecule is [2H]C([2H])([2H])N(C)CCN(C)c1cc(OC)c(Nc2ncnc(Nc3cc(Cl)c(F)cc3C(C)(C)O)n2)cc1[N+](=O)[O-]. The summed E-state index contributed by atoms with van der Waals surface area (Å²) in [6.45, 7) is 0.978. The zero-order valence-electron chi connectivity index (χ0n) is 24.4. The molecule has 204 valence electrons. The third-order valence-electron chi connectivity index (χ3n) is 5.46. The summed E-state index contributed by atoms with van der Waals surface area (Å²) in [4.78, 5) is 26.5. The van der Waals surface area contributed by atoms with E-state index in [-0.39, 0.29) is 64.1 Å². The van der Waals surface area contributed by atoms with Gasteiger partial charge in [-0.3, -0.25) is 10.1 Å². The zero-order valence-corrected chi connectivity index (χ0v) is 22.2. The average Bonchev–Trinajstić information content (AvgIpc) is 2.87. The molecule has 0 unspecified atom stereocenters. The maximum absolute atomic E-state index is 14.1. The van der Waals surface area contributed by atoms with E-state index in [2.05, 4.69) is 25.6 Å². The molecule has 0 bridgehead atoms. The summed E-state index contributed by atoms with van der Waals surface area (Å²) < 4.78 is 42.0. The van der Waals surface area contributed by atoms with E-state index < -0.39 is 23.3 Å². The van der Waals surface area contributed by atoms with E-state index in [9.17, 15) is 19.6 Å². The fraction of sp³-hybridized carbons (Fsp3) is 0.375. The predicted octanol–water partition coefficient (Wildman–Crippen LogP) is 4.29. The minimum Gasteiger partial charge on any atom is -0.494 e. The highest BCUT2D eigenvalue weighted by molar-refractivity contribution is 6.31. The van der Waals surface area contributed by atoms with Crippen molar-refractivity contribution in [2.75, 3.05) is 56.8 Å². The number of likely N-dealkylation sites (N-methyl/N-ethyl adjacent to an activating group) is 2. The predicted molar refractivity (Wildman–Crippen MR) is 145 cm³/mol. The molecule has 0 saturated heterocycles. The summed E-state index contributed by atoms with van der Waals surface area (Å²) in [5.74, 6) is -0.474. The van der Waals surface area contributed by atoms with E-state index in [1.165, 1.54) is 57.4 Å². The third kappa shape index (κ3) is 6.94. The monoisotopic (exact) mass is 551 g/mol. The van der Waals surface area contributed by atoms with Crippen LogP contribution in [-0.4, -0.2) is 71.2 Å². The Morgan fingerprint density at radius 2 is 1.84 bits per heavy atom. The first kappa shape index (κ1) is 24.5. The first-order chi connectivity index (χ1) is 19.0. The number of hydrogen-bond donors (Lipinski definition) is 3. The summed E-state index contributed by atoms with van der Waals surface area (Å²) >= 11 is 5.94. The van der Waals surface area contributed by atoms with Crippen molar-refractivity contribution in [2.45, 2.75) is 19.4 Å². The minimum absolute atomic E-state index is 0.00600. The fourth-order valence-corrected chi connectivity index (χ4v) is 3.67. The Labute approximate surface area is 228 Å². The van der Waals surface area contributed by atoms with Crippen molar-refractivity contribution in [2.24, 2.45) is 0 Å². The van der Waals surface area contributed by atoms with Gasteiger partial charge in [0.1, 0.15) is 23.6 Å². The van der Waals surface area contributed by atoms with Gasteiger partial charge in [0.25, 0.3) is 5.69 Å². The molecule has 1 aromatic heterocycles. The summed E-state index contributed by atoms with van der Waals surface area (Å²) in [7, 11) is 4.43. The molecule has 3 rings (SSSR count). The normalized spacial score (nSPS) is 12.9. The van der Waals surface area contributed by atoms with E-state index in [0.29, 0.717) is 0 Å². The molecule has 0 aliphatic rings. The van der Waals surface area contributed by atoms with Crippen molar-refractivity contribution in [3.63, 3.8) is 0 Å². The number of halogens is 2. The second kappa shape index (κ2) is 11.7. The van der Waals surface area contributed by atoms with Gasteiger partial charge in [-0.1, -0.05) is 11.6 Å². The van der Waals surface area contributed by atoms with Crippen molar-refractivity contribution in [3.8, 4) is 5.75 Å². The summed E-state index contributed by atoms with van der Waals surface area (Å²) in [5, 5.41) is 28.0. The van der Waals surface area contributed by atoms with Crippen molar-refractivity contribution in [1.82, 2.24) is 19.9 Å². The maximum Gasteiger partial charge on any atom is 0.294 e. The van der Waals surface area contributed by atoms with E-state index in [0.717, 1.165) is 6.07 Å². The molecule has 0 spiro atoms. The van der Waals surface area contributed by atoms with Crippen LogP contribution >= 0.6 is 11.6 Å². The Balaban J connectivity index is 1.91. The molecule has 3 aromatic rings. The van der Waals surface area contributed by atoms with E-state index in [1.807, 2.05) is 0 Å². The van der Waals surface area contributed by atoms with E-state index in [4.69, 9.17) is 20.5 Å². The van der Waals surface area contributed by atoms with Gasteiger partial charge in [0.2, 0.25) is 11.9 Å². The van der Waals surface area contributed by atoms with E-state index in [1.54, 1.807) is 11.9 Å². The highest BCUT2D eigenvalue weighted by atomic mass is 35.5. The molecule has 3 N–H and O–H groups in total. The van der Waals surface area contributed by atoms with Crippen LogP contribution in [0.3, 0.4) is 0 Å². The molecule has 1 heterocycles. The van der Waals surface area contributed by atoms with Crippen molar-refractivity contribution in [1.29, 1.82) is 0 Å². The molecule has 14 heteroatoms. The molecular formula is C24H30ClFN8O4. The van der Waals surface area contributed by atoms with Crippen molar-refractivity contribution in [3.05, 3.63) is 57.1 Å². The van der Waals surface area contributed by atoms with Crippen LogP contribution in [0.5, 0.6) is 5.75 Å². The summed E-state index contributed by atoms with van der Waals surface area (Å²) in [6, 6.07) is 5.10. The lowest BCUT2D eigenvalue weighted by Gasteiger charge is -2.23. The molecule has 0 aliphatic carbocycles. The molecule has 2 aromatic carbocycles. The number of aromatic nitrogens is 3. The maximum atomic E-state index is 14.1. The molecule has 0 aliphatic heterocycles. The largest absolute Gasteiger partial charge is 0.494 e. The van der Waals surface area contributed by atoms with Crippen LogP contribution in [0.15, 0.2) is 30.6 Å². The number of nitrogens with zero attached hydrogens (tertiary/aromatic N) is 6. The molecule has 0 amide bonds. The van der Waals surface area contributed by atoms with Crippen LogP contribution < -0.4 is 20.3 Å². The molecule has 38 heavy (non-hydrogen) atoms. The number of hydrogen-bond acceptors (Lipinski definition) is 11. The third-order valence-corrected chi connectivity index (χ3v) is 5.75. The Kier molecular flexibility index (Phi) is 7.56. The second-order valence-electron chi connectivity index (χ2n) is 8.90. The number of ether oxygens (including phenoxy) is 1. The molecular weight excluding hydrogens is 519 g/mol. The molecule has 0 fully saturated rings. The van der Waals surface area contributed by atoms with Gasteiger partial charge >= 0.3 is 0 Å².